The molecular formula is C9H12N2O4S. The fourth-order valence-electron chi connectivity index (χ4n) is 1.04. The van der Waals surface area contributed by atoms with Gasteiger partial charge in [-0.25, -0.2) is 8.42 Å². The zero-order chi connectivity index (χ0) is 12.6. The summed E-state index contributed by atoms with van der Waals surface area (Å²) in [7, 11) is -3.32. The molecule has 0 spiro atoms. The molecule has 0 aliphatic heterocycles. The lowest BCUT2D eigenvalue weighted by Crippen LogP contribution is -2.29. The molecule has 0 saturated heterocycles. The number of nitrogens with zero attached hydrogens (tertiary/aromatic N) is 2. The number of aromatic nitrogens is 1. The minimum atomic E-state index is -3.32. The second-order valence-electron chi connectivity index (χ2n) is 3.94. The quantitative estimate of drug-likeness (QED) is 0.590. The third kappa shape index (κ3) is 2.19. The van der Waals surface area contributed by atoms with Crippen molar-refractivity contribution in [2.75, 3.05) is 6.26 Å². The highest BCUT2D eigenvalue weighted by Gasteiger charge is 2.33. The molecule has 0 radical (unpaired) electrons. The summed E-state index contributed by atoms with van der Waals surface area (Å²) in [6.45, 7) is 3.02. The fraction of sp³-hybridized carbons (Fsp3) is 0.444. The van der Waals surface area contributed by atoms with E-state index in [1.54, 1.807) is 0 Å². The van der Waals surface area contributed by atoms with Crippen LogP contribution in [0, 0.1) is 10.1 Å². The van der Waals surface area contributed by atoms with Crippen LogP contribution in [0.4, 0.5) is 5.69 Å². The van der Waals surface area contributed by atoms with Crippen molar-refractivity contribution in [3.8, 4) is 0 Å². The van der Waals surface area contributed by atoms with Gasteiger partial charge in [0.05, 0.1) is 10.6 Å². The largest absolute Gasteiger partial charge is 0.287 e. The summed E-state index contributed by atoms with van der Waals surface area (Å²) in [5, 5.41) is 10.4. The number of sulfone groups is 1. The van der Waals surface area contributed by atoms with E-state index in [0.717, 1.165) is 12.5 Å². The minimum absolute atomic E-state index is 0.159. The molecule has 0 bridgehead atoms. The molecular weight excluding hydrogens is 232 g/mol. The molecule has 0 aliphatic carbocycles. The monoisotopic (exact) mass is 244 g/mol. The first-order valence-electron chi connectivity index (χ1n) is 4.47. The molecule has 1 aromatic heterocycles. The van der Waals surface area contributed by atoms with E-state index >= 15 is 0 Å². The molecule has 1 aromatic rings. The van der Waals surface area contributed by atoms with Gasteiger partial charge in [-0.1, -0.05) is 0 Å². The Morgan fingerprint density at radius 3 is 2.25 bits per heavy atom. The highest BCUT2D eigenvalue weighted by Crippen LogP contribution is 2.27. The molecule has 0 fully saturated rings. The predicted molar refractivity (Wildman–Crippen MR) is 58.8 cm³/mol. The molecule has 1 heterocycles. The zero-order valence-electron chi connectivity index (χ0n) is 9.17. The topological polar surface area (TPSA) is 90.2 Å². The van der Waals surface area contributed by atoms with Crippen molar-refractivity contribution in [1.82, 2.24) is 4.98 Å². The van der Waals surface area contributed by atoms with Crippen LogP contribution in [0.25, 0.3) is 0 Å². The van der Waals surface area contributed by atoms with Crippen LogP contribution in [0.1, 0.15) is 19.5 Å². The highest BCUT2D eigenvalue weighted by atomic mass is 32.2. The number of pyridine rings is 1. The number of rotatable bonds is 3. The van der Waals surface area contributed by atoms with Gasteiger partial charge in [0, 0.05) is 12.3 Å². The van der Waals surface area contributed by atoms with Gasteiger partial charge in [0.25, 0.3) is 5.69 Å². The third-order valence-electron chi connectivity index (χ3n) is 2.50. The summed E-state index contributed by atoms with van der Waals surface area (Å²) in [5.74, 6) is 0. The van der Waals surface area contributed by atoms with Crippen molar-refractivity contribution < 1.29 is 13.3 Å². The fourth-order valence-corrected chi connectivity index (χ4v) is 1.54. The van der Waals surface area contributed by atoms with Gasteiger partial charge in [-0.15, -0.1) is 0 Å². The van der Waals surface area contributed by atoms with Crippen molar-refractivity contribution in [2.45, 2.75) is 18.6 Å². The van der Waals surface area contributed by atoms with Crippen LogP contribution in [0.2, 0.25) is 0 Å². The van der Waals surface area contributed by atoms with Crippen molar-refractivity contribution in [3.63, 3.8) is 0 Å². The molecule has 7 heteroatoms. The molecule has 0 N–H and O–H groups in total. The lowest BCUT2D eigenvalue weighted by Gasteiger charge is -2.21. The number of hydrogen-bond donors (Lipinski definition) is 0. The van der Waals surface area contributed by atoms with Crippen molar-refractivity contribution in [3.05, 3.63) is 34.1 Å². The van der Waals surface area contributed by atoms with Crippen LogP contribution in [-0.2, 0) is 14.6 Å². The van der Waals surface area contributed by atoms with Gasteiger partial charge in [-0.2, -0.15) is 0 Å². The summed E-state index contributed by atoms with van der Waals surface area (Å²) in [4.78, 5) is 13.6. The number of nitro groups is 1. The van der Waals surface area contributed by atoms with Crippen molar-refractivity contribution >= 4 is 15.5 Å². The van der Waals surface area contributed by atoms with E-state index in [9.17, 15) is 18.5 Å². The van der Waals surface area contributed by atoms with Gasteiger partial charge in [0.2, 0.25) is 0 Å². The molecule has 6 nitrogen and oxygen atoms in total. The Labute approximate surface area is 93.4 Å². The Kier molecular flexibility index (Phi) is 3.00. The summed E-state index contributed by atoms with van der Waals surface area (Å²) < 4.78 is 21.8. The van der Waals surface area contributed by atoms with Crippen molar-refractivity contribution in [2.24, 2.45) is 0 Å². The SMILES string of the molecule is CC(C)(c1ccc([N+](=O)[O-])cn1)S(C)(=O)=O. The first-order valence-corrected chi connectivity index (χ1v) is 6.36. The van der Waals surface area contributed by atoms with Crippen LogP contribution >= 0.6 is 0 Å². The Hall–Kier alpha value is -1.50. The van der Waals surface area contributed by atoms with E-state index in [2.05, 4.69) is 4.98 Å². The maximum absolute atomic E-state index is 11.5. The van der Waals surface area contributed by atoms with Gasteiger partial charge in [-0.05, 0) is 19.9 Å². The summed E-state index contributed by atoms with van der Waals surface area (Å²) in [5.41, 5.74) is 0.133. The molecule has 1 rings (SSSR count). The maximum Gasteiger partial charge on any atom is 0.287 e. The van der Waals surface area contributed by atoms with E-state index in [1.165, 1.54) is 26.0 Å². The molecule has 0 atom stereocenters. The average molecular weight is 244 g/mol. The van der Waals surface area contributed by atoms with Crippen LogP contribution in [0.3, 0.4) is 0 Å². The molecule has 88 valence electrons. The van der Waals surface area contributed by atoms with E-state index in [4.69, 9.17) is 0 Å². The van der Waals surface area contributed by atoms with Gasteiger partial charge in [0.1, 0.15) is 10.9 Å². The first-order chi connectivity index (χ1) is 7.16. The van der Waals surface area contributed by atoms with Crippen molar-refractivity contribution in [1.29, 1.82) is 0 Å². The Bertz CT molecular complexity index is 505. The van der Waals surface area contributed by atoms with E-state index in [-0.39, 0.29) is 5.69 Å². The van der Waals surface area contributed by atoms with Gasteiger partial charge in [0.15, 0.2) is 9.84 Å². The van der Waals surface area contributed by atoms with Gasteiger partial charge in [-0.3, -0.25) is 15.1 Å². The standard InChI is InChI=1S/C9H12N2O4S/c1-9(2,16(3,14)15)8-5-4-7(6-10-8)11(12)13/h4-6H,1-3H3. The van der Waals surface area contributed by atoms with Crippen LogP contribution in [0.15, 0.2) is 18.3 Å². The lowest BCUT2D eigenvalue weighted by atomic mass is 10.1. The average Bonchev–Trinajstić information content (AvgIpc) is 2.16. The molecule has 0 amide bonds. The third-order valence-corrected chi connectivity index (χ3v) is 4.57. The highest BCUT2D eigenvalue weighted by molar-refractivity contribution is 7.91. The first kappa shape index (κ1) is 12.6. The van der Waals surface area contributed by atoms with E-state index in [0.29, 0.717) is 5.69 Å². The molecule has 0 aromatic carbocycles. The molecule has 0 aliphatic rings. The van der Waals surface area contributed by atoms with E-state index in [1.807, 2.05) is 0 Å². The summed E-state index contributed by atoms with van der Waals surface area (Å²) in [6, 6.07) is 2.61. The lowest BCUT2D eigenvalue weighted by molar-refractivity contribution is -0.385. The van der Waals surface area contributed by atoms with Crippen LogP contribution in [-0.4, -0.2) is 24.6 Å². The Morgan fingerprint density at radius 2 is 1.94 bits per heavy atom. The van der Waals surface area contributed by atoms with Gasteiger partial charge >= 0.3 is 0 Å². The smallest absolute Gasteiger partial charge is 0.258 e. The van der Waals surface area contributed by atoms with E-state index < -0.39 is 19.5 Å². The minimum Gasteiger partial charge on any atom is -0.258 e. The predicted octanol–water partition coefficient (Wildman–Crippen LogP) is 1.27. The normalized spacial score (nSPS) is 12.4. The summed E-state index contributed by atoms with van der Waals surface area (Å²) >= 11 is 0. The van der Waals surface area contributed by atoms with Crippen LogP contribution < -0.4 is 0 Å². The molecule has 16 heavy (non-hydrogen) atoms. The molecule has 0 saturated carbocycles. The summed E-state index contributed by atoms with van der Waals surface area (Å²) in [6.07, 6.45) is 2.17. The van der Waals surface area contributed by atoms with Crippen LogP contribution in [0.5, 0.6) is 0 Å². The molecule has 0 unspecified atom stereocenters. The maximum atomic E-state index is 11.5. The van der Waals surface area contributed by atoms with Gasteiger partial charge < -0.3 is 0 Å². The number of hydrogen-bond acceptors (Lipinski definition) is 5. The zero-order valence-corrected chi connectivity index (χ0v) is 9.98. The Morgan fingerprint density at radius 1 is 1.38 bits per heavy atom. The Balaban J connectivity index is 3.22. The second-order valence-corrected chi connectivity index (χ2v) is 6.51. The second kappa shape index (κ2) is 3.82.